The Morgan fingerprint density at radius 3 is 2.52 bits per heavy atom. The van der Waals surface area contributed by atoms with Gasteiger partial charge in [-0.2, -0.15) is 0 Å². The fourth-order valence-electron chi connectivity index (χ4n) is 3.27. The minimum absolute atomic E-state index is 0.316. The van der Waals surface area contributed by atoms with Crippen molar-refractivity contribution in [2.75, 3.05) is 0 Å². The Bertz CT molecular complexity index is 1010. The number of carbonyl (C=O) groups is 2. The highest BCUT2D eigenvalue weighted by atomic mass is 32.1. The van der Waals surface area contributed by atoms with Gasteiger partial charge < -0.3 is 0 Å². The van der Waals surface area contributed by atoms with Gasteiger partial charge in [-0.25, -0.2) is 4.98 Å². The fraction of sp³-hybridized carbons (Fsp3) is 0.190. The van der Waals surface area contributed by atoms with Gasteiger partial charge in [-0.3, -0.25) is 20.4 Å². The number of hydrazine groups is 1. The topological polar surface area (TPSA) is 71.1 Å². The van der Waals surface area contributed by atoms with Crippen LogP contribution in [0.5, 0.6) is 0 Å². The minimum Gasteiger partial charge on any atom is -0.267 e. The van der Waals surface area contributed by atoms with Crippen LogP contribution in [-0.4, -0.2) is 16.8 Å². The molecule has 3 aromatic rings. The maximum Gasteiger partial charge on any atom is 0.281 e. The number of carbonyl (C=O) groups excluding carboxylic acids is 2. The van der Waals surface area contributed by atoms with Gasteiger partial charge in [-0.15, -0.1) is 11.3 Å². The molecule has 5 nitrogen and oxygen atoms in total. The lowest BCUT2D eigenvalue weighted by molar-refractivity contribution is 0.0848. The summed E-state index contributed by atoms with van der Waals surface area (Å²) in [5.41, 5.74) is 9.70. The maximum absolute atomic E-state index is 12.5. The molecule has 136 valence electrons. The van der Waals surface area contributed by atoms with Crippen molar-refractivity contribution in [2.24, 2.45) is 0 Å². The van der Waals surface area contributed by atoms with Crippen LogP contribution in [0.15, 0.2) is 48.5 Å². The first-order chi connectivity index (χ1) is 13.1. The van der Waals surface area contributed by atoms with Crippen molar-refractivity contribution >= 4 is 23.2 Å². The van der Waals surface area contributed by atoms with Crippen LogP contribution in [0.3, 0.4) is 0 Å². The summed E-state index contributed by atoms with van der Waals surface area (Å²) < 4.78 is 0. The van der Waals surface area contributed by atoms with E-state index in [2.05, 4.69) is 15.8 Å². The number of thiazole rings is 1. The van der Waals surface area contributed by atoms with Gasteiger partial charge >= 0.3 is 0 Å². The van der Waals surface area contributed by atoms with E-state index in [4.69, 9.17) is 0 Å². The molecule has 1 heterocycles. The molecule has 27 heavy (non-hydrogen) atoms. The van der Waals surface area contributed by atoms with Crippen LogP contribution in [0.1, 0.15) is 43.3 Å². The average Bonchev–Trinajstić information content (AvgIpc) is 3.32. The predicted octanol–water partition coefficient (Wildman–Crippen LogP) is 3.68. The van der Waals surface area contributed by atoms with Crippen LogP contribution < -0.4 is 10.9 Å². The molecule has 1 aliphatic carbocycles. The summed E-state index contributed by atoms with van der Waals surface area (Å²) >= 11 is 1.31. The number of rotatable bonds is 3. The molecule has 0 saturated carbocycles. The molecule has 1 aliphatic rings. The number of hydrogen-bond acceptors (Lipinski definition) is 4. The summed E-state index contributed by atoms with van der Waals surface area (Å²) in [7, 11) is 0. The lowest BCUT2D eigenvalue weighted by Gasteiger charge is -2.08. The number of aromatic nitrogens is 1. The Balaban J connectivity index is 1.44. The Hall–Kier alpha value is -2.99. The zero-order valence-corrected chi connectivity index (χ0v) is 15.7. The molecule has 0 saturated heterocycles. The second kappa shape index (κ2) is 7.32. The van der Waals surface area contributed by atoms with Crippen LogP contribution in [0.25, 0.3) is 10.6 Å². The molecule has 1 aromatic heterocycles. The van der Waals surface area contributed by atoms with Crippen molar-refractivity contribution in [1.82, 2.24) is 15.8 Å². The highest BCUT2D eigenvalue weighted by molar-refractivity contribution is 7.17. The van der Waals surface area contributed by atoms with Crippen LogP contribution in [0, 0.1) is 6.92 Å². The molecule has 6 heteroatoms. The number of hydrogen-bond donors (Lipinski definition) is 2. The van der Waals surface area contributed by atoms with Crippen molar-refractivity contribution < 1.29 is 9.59 Å². The van der Waals surface area contributed by atoms with Gasteiger partial charge in [0, 0.05) is 11.1 Å². The largest absolute Gasteiger partial charge is 0.281 e. The molecule has 0 unspecified atom stereocenters. The van der Waals surface area contributed by atoms with Gasteiger partial charge in [0.05, 0.1) is 5.69 Å². The predicted molar refractivity (Wildman–Crippen MR) is 106 cm³/mol. The molecule has 0 radical (unpaired) electrons. The molecule has 2 aromatic carbocycles. The Kier molecular flexibility index (Phi) is 4.73. The van der Waals surface area contributed by atoms with E-state index < -0.39 is 0 Å². The van der Waals surface area contributed by atoms with Crippen molar-refractivity contribution in [3.05, 3.63) is 75.8 Å². The van der Waals surface area contributed by atoms with E-state index in [9.17, 15) is 9.59 Å². The van der Waals surface area contributed by atoms with E-state index in [1.165, 1.54) is 22.5 Å². The average molecular weight is 377 g/mol. The summed E-state index contributed by atoms with van der Waals surface area (Å²) in [6.45, 7) is 1.79. The molecule has 0 fully saturated rings. The van der Waals surface area contributed by atoms with Gasteiger partial charge in [0.25, 0.3) is 11.8 Å². The fourth-order valence-corrected chi connectivity index (χ4v) is 4.23. The van der Waals surface area contributed by atoms with Crippen molar-refractivity contribution in [3.63, 3.8) is 0 Å². The van der Waals surface area contributed by atoms with Crippen LogP contribution >= 0.6 is 11.3 Å². The lowest BCUT2D eigenvalue weighted by Crippen LogP contribution is -2.41. The normalized spacial score (nSPS) is 12.5. The molecular formula is C21H19N3O2S. The summed E-state index contributed by atoms with van der Waals surface area (Å²) in [5.74, 6) is -0.676. The first-order valence-electron chi connectivity index (χ1n) is 8.87. The van der Waals surface area contributed by atoms with Gasteiger partial charge in [-0.05, 0) is 49.4 Å². The molecule has 0 atom stereocenters. The van der Waals surface area contributed by atoms with Crippen LogP contribution in [-0.2, 0) is 12.8 Å². The lowest BCUT2D eigenvalue weighted by atomic mass is 10.1. The summed E-state index contributed by atoms with van der Waals surface area (Å²) in [5, 5.41) is 0.781. The smallest absolute Gasteiger partial charge is 0.267 e. The third kappa shape index (κ3) is 3.61. The first kappa shape index (κ1) is 17.4. The van der Waals surface area contributed by atoms with E-state index in [-0.39, 0.29) is 11.8 Å². The van der Waals surface area contributed by atoms with Gasteiger partial charge in [0.1, 0.15) is 9.88 Å². The highest BCUT2D eigenvalue weighted by Crippen LogP contribution is 2.27. The molecular weight excluding hydrogens is 358 g/mol. The summed E-state index contributed by atoms with van der Waals surface area (Å²) in [4.78, 5) is 29.8. The van der Waals surface area contributed by atoms with Crippen molar-refractivity contribution in [1.29, 1.82) is 0 Å². The van der Waals surface area contributed by atoms with E-state index >= 15 is 0 Å². The van der Waals surface area contributed by atoms with Crippen LogP contribution in [0.2, 0.25) is 0 Å². The first-order valence-corrected chi connectivity index (χ1v) is 9.69. The maximum atomic E-state index is 12.5. The van der Waals surface area contributed by atoms with E-state index in [1.807, 2.05) is 42.5 Å². The van der Waals surface area contributed by atoms with E-state index in [1.54, 1.807) is 13.0 Å². The van der Waals surface area contributed by atoms with E-state index in [0.717, 1.165) is 29.8 Å². The van der Waals surface area contributed by atoms with Crippen LogP contribution in [0.4, 0.5) is 0 Å². The van der Waals surface area contributed by atoms with Gasteiger partial charge in [-0.1, -0.05) is 36.4 Å². The molecule has 2 N–H and O–H groups in total. The number of fused-ring (bicyclic) bond motifs is 1. The Morgan fingerprint density at radius 1 is 0.963 bits per heavy atom. The van der Waals surface area contributed by atoms with Crippen molar-refractivity contribution in [2.45, 2.75) is 26.2 Å². The second-order valence-corrected chi connectivity index (χ2v) is 7.54. The zero-order chi connectivity index (χ0) is 18.8. The minimum atomic E-state index is -0.360. The van der Waals surface area contributed by atoms with Gasteiger partial charge in [0.15, 0.2) is 0 Å². The Labute approximate surface area is 161 Å². The molecule has 0 aliphatic heterocycles. The number of nitrogens with one attached hydrogen (secondary N) is 2. The third-order valence-corrected chi connectivity index (χ3v) is 5.88. The number of aryl methyl sites for hydroxylation is 3. The summed E-state index contributed by atoms with van der Waals surface area (Å²) in [6.07, 6.45) is 3.21. The number of nitrogens with zero attached hydrogens (tertiary/aromatic N) is 1. The molecule has 0 bridgehead atoms. The Morgan fingerprint density at radius 2 is 1.70 bits per heavy atom. The molecule has 0 spiro atoms. The molecule has 2 amide bonds. The second-order valence-electron chi connectivity index (χ2n) is 6.54. The van der Waals surface area contributed by atoms with Gasteiger partial charge in [0.2, 0.25) is 0 Å². The SMILES string of the molecule is Cc1nc(-c2ccccc2)sc1C(=O)NNC(=O)c1ccc2c(c1)CCC2. The highest BCUT2D eigenvalue weighted by Gasteiger charge is 2.18. The third-order valence-electron chi connectivity index (χ3n) is 4.67. The number of benzene rings is 2. The molecule has 4 rings (SSSR count). The zero-order valence-electron chi connectivity index (χ0n) is 14.9. The monoisotopic (exact) mass is 377 g/mol. The number of amides is 2. The standard InChI is InChI=1S/C21H19N3O2S/c1-13-18(27-21(22-13)15-6-3-2-4-7-15)20(26)24-23-19(25)17-11-10-14-8-5-9-16(14)12-17/h2-4,6-7,10-12H,5,8-9H2,1H3,(H,23,25)(H,24,26). The van der Waals surface area contributed by atoms with E-state index in [0.29, 0.717) is 16.1 Å². The quantitative estimate of drug-likeness (QED) is 0.684. The summed E-state index contributed by atoms with van der Waals surface area (Å²) in [6, 6.07) is 15.4. The van der Waals surface area contributed by atoms with Crippen molar-refractivity contribution in [3.8, 4) is 10.6 Å².